The van der Waals surface area contributed by atoms with Crippen LogP contribution in [0, 0.1) is 0 Å². The number of rotatable bonds is 1. The molecule has 0 fully saturated rings. The van der Waals surface area contributed by atoms with E-state index in [9.17, 15) is 9.90 Å². The Balaban J connectivity index is 2.50. The van der Waals surface area contributed by atoms with Gasteiger partial charge in [-0.2, -0.15) is 0 Å². The van der Waals surface area contributed by atoms with E-state index >= 15 is 0 Å². The number of hydrogen-bond donors (Lipinski definition) is 2. The van der Waals surface area contributed by atoms with Crippen molar-refractivity contribution in [2.24, 2.45) is 5.73 Å². The minimum Gasteiger partial charge on any atom is -0.469 e. The quantitative estimate of drug-likeness (QED) is 0.705. The zero-order valence-corrected chi connectivity index (χ0v) is 10.1. The lowest BCUT2D eigenvalue weighted by atomic mass is 9.88. The van der Waals surface area contributed by atoms with Crippen molar-refractivity contribution in [3.8, 4) is 5.88 Å². The van der Waals surface area contributed by atoms with E-state index in [4.69, 9.17) is 10.5 Å². The number of pyridine rings is 1. The van der Waals surface area contributed by atoms with Crippen molar-refractivity contribution in [1.82, 2.24) is 4.98 Å². The summed E-state index contributed by atoms with van der Waals surface area (Å²) in [5.41, 5.74) is 6.21. The third-order valence-corrected chi connectivity index (χ3v) is 3.06. The molecule has 0 spiro atoms. The van der Waals surface area contributed by atoms with Crippen LogP contribution in [-0.4, -0.2) is 27.6 Å². The summed E-state index contributed by atoms with van der Waals surface area (Å²) >= 11 is 0. The molecule has 0 bridgehead atoms. The standard InChI is InChI=1S/C12H16N2O3/c1-6(15)7-4-8-9(13)10(16)12(2,3)17-11(8)14-5-7/h4-5,9-10,16H,13H2,1-3H3. The summed E-state index contributed by atoms with van der Waals surface area (Å²) in [7, 11) is 0. The maximum atomic E-state index is 11.3. The van der Waals surface area contributed by atoms with Gasteiger partial charge in [-0.1, -0.05) is 0 Å². The van der Waals surface area contributed by atoms with Crippen LogP contribution in [0.5, 0.6) is 5.88 Å². The van der Waals surface area contributed by atoms with Crippen molar-refractivity contribution < 1.29 is 14.6 Å². The van der Waals surface area contributed by atoms with Crippen LogP contribution in [0.15, 0.2) is 12.3 Å². The van der Waals surface area contributed by atoms with Gasteiger partial charge in [0.05, 0.1) is 6.04 Å². The molecule has 92 valence electrons. The Morgan fingerprint density at radius 3 is 2.82 bits per heavy atom. The average Bonchev–Trinajstić information content (AvgIpc) is 2.25. The lowest BCUT2D eigenvalue weighted by Gasteiger charge is -2.39. The highest BCUT2D eigenvalue weighted by atomic mass is 16.5. The van der Waals surface area contributed by atoms with Gasteiger partial charge in [-0.15, -0.1) is 0 Å². The monoisotopic (exact) mass is 236 g/mol. The Bertz CT molecular complexity index is 471. The summed E-state index contributed by atoms with van der Waals surface area (Å²) in [6, 6.07) is 1.04. The summed E-state index contributed by atoms with van der Waals surface area (Å²) in [6.07, 6.45) is 0.626. The number of Topliss-reactive ketones (excluding diaryl/α,β-unsaturated/α-hetero) is 1. The van der Waals surface area contributed by atoms with Crippen LogP contribution in [0.4, 0.5) is 0 Å². The van der Waals surface area contributed by atoms with Gasteiger partial charge in [0.15, 0.2) is 5.78 Å². The molecule has 1 aromatic heterocycles. The maximum absolute atomic E-state index is 11.3. The first-order chi connectivity index (χ1) is 7.83. The third kappa shape index (κ3) is 1.92. The van der Waals surface area contributed by atoms with Crippen LogP contribution in [0.2, 0.25) is 0 Å². The number of nitrogens with two attached hydrogens (primary N) is 1. The van der Waals surface area contributed by atoms with Gasteiger partial charge in [0.25, 0.3) is 0 Å². The summed E-state index contributed by atoms with van der Waals surface area (Å²) in [5.74, 6) is 0.296. The van der Waals surface area contributed by atoms with E-state index in [2.05, 4.69) is 4.98 Å². The number of carbonyl (C=O) groups excluding carboxylic acids is 1. The number of ether oxygens (including phenoxy) is 1. The van der Waals surface area contributed by atoms with Crippen molar-refractivity contribution in [1.29, 1.82) is 0 Å². The predicted molar refractivity (Wildman–Crippen MR) is 61.9 cm³/mol. The minimum atomic E-state index is -0.834. The predicted octanol–water partition coefficient (Wildman–Crippen LogP) is 0.816. The van der Waals surface area contributed by atoms with Crippen LogP contribution < -0.4 is 10.5 Å². The first-order valence-electron chi connectivity index (χ1n) is 5.46. The van der Waals surface area contributed by atoms with Crippen molar-refractivity contribution in [3.05, 3.63) is 23.4 Å². The number of nitrogens with zero attached hydrogens (tertiary/aromatic N) is 1. The molecule has 2 heterocycles. The van der Waals surface area contributed by atoms with Crippen LogP contribution >= 0.6 is 0 Å². The number of aliphatic hydroxyl groups is 1. The largest absolute Gasteiger partial charge is 0.469 e. The Kier molecular flexibility index (Phi) is 2.67. The first-order valence-corrected chi connectivity index (χ1v) is 5.46. The molecule has 0 amide bonds. The molecule has 1 aromatic rings. The fourth-order valence-electron chi connectivity index (χ4n) is 1.90. The number of hydrogen-bond acceptors (Lipinski definition) is 5. The minimum absolute atomic E-state index is 0.0909. The van der Waals surface area contributed by atoms with Crippen molar-refractivity contribution in [3.63, 3.8) is 0 Å². The Morgan fingerprint density at radius 2 is 2.24 bits per heavy atom. The second-order valence-electron chi connectivity index (χ2n) is 4.85. The molecule has 1 aliphatic rings. The molecule has 0 aromatic carbocycles. The Hall–Kier alpha value is -1.46. The summed E-state index contributed by atoms with van der Waals surface area (Å²) in [4.78, 5) is 15.3. The average molecular weight is 236 g/mol. The second-order valence-corrected chi connectivity index (χ2v) is 4.85. The van der Waals surface area contributed by atoms with Gasteiger partial charge in [-0.3, -0.25) is 4.79 Å². The molecule has 0 saturated carbocycles. The molecule has 2 rings (SSSR count). The molecule has 5 nitrogen and oxygen atoms in total. The van der Waals surface area contributed by atoms with Crippen LogP contribution in [0.25, 0.3) is 0 Å². The molecule has 0 radical (unpaired) electrons. The number of aliphatic hydroxyl groups excluding tert-OH is 1. The number of carbonyl (C=O) groups is 1. The van der Waals surface area contributed by atoms with E-state index in [0.29, 0.717) is 17.0 Å². The van der Waals surface area contributed by atoms with Gasteiger partial charge >= 0.3 is 0 Å². The topological polar surface area (TPSA) is 85.4 Å². The highest BCUT2D eigenvalue weighted by Gasteiger charge is 2.42. The van der Waals surface area contributed by atoms with Gasteiger partial charge in [-0.25, -0.2) is 4.98 Å². The maximum Gasteiger partial charge on any atom is 0.218 e. The van der Waals surface area contributed by atoms with Crippen LogP contribution in [0.1, 0.15) is 42.7 Å². The van der Waals surface area contributed by atoms with Gasteiger partial charge in [-0.05, 0) is 26.8 Å². The molecule has 0 aliphatic carbocycles. The number of ketones is 1. The summed E-state index contributed by atoms with van der Waals surface area (Å²) in [6.45, 7) is 4.96. The smallest absolute Gasteiger partial charge is 0.218 e. The van der Waals surface area contributed by atoms with Crippen molar-refractivity contribution in [2.75, 3.05) is 0 Å². The molecular weight excluding hydrogens is 220 g/mol. The van der Waals surface area contributed by atoms with Crippen LogP contribution in [0.3, 0.4) is 0 Å². The van der Waals surface area contributed by atoms with E-state index < -0.39 is 17.7 Å². The molecule has 5 heteroatoms. The van der Waals surface area contributed by atoms with Gasteiger partial charge in [0.2, 0.25) is 5.88 Å². The fraction of sp³-hybridized carbons (Fsp3) is 0.500. The lowest BCUT2D eigenvalue weighted by Crippen LogP contribution is -2.51. The van der Waals surface area contributed by atoms with Crippen LogP contribution in [-0.2, 0) is 0 Å². The van der Waals surface area contributed by atoms with Crippen molar-refractivity contribution >= 4 is 5.78 Å². The van der Waals surface area contributed by atoms with E-state index in [1.54, 1.807) is 19.9 Å². The van der Waals surface area contributed by atoms with Gasteiger partial charge < -0.3 is 15.6 Å². The normalized spacial score (nSPS) is 25.9. The second kappa shape index (κ2) is 3.78. The summed E-state index contributed by atoms with van der Waals surface area (Å²) < 4.78 is 5.58. The zero-order chi connectivity index (χ0) is 12.8. The highest BCUT2D eigenvalue weighted by molar-refractivity contribution is 5.94. The zero-order valence-electron chi connectivity index (χ0n) is 10.1. The molecule has 0 saturated heterocycles. The Morgan fingerprint density at radius 1 is 1.59 bits per heavy atom. The number of fused-ring (bicyclic) bond motifs is 1. The lowest BCUT2D eigenvalue weighted by molar-refractivity contribution is -0.0601. The molecular formula is C12H16N2O3. The molecule has 2 unspecified atom stereocenters. The molecule has 3 N–H and O–H groups in total. The summed E-state index contributed by atoms with van der Waals surface area (Å²) in [5, 5.41) is 10.0. The molecule has 17 heavy (non-hydrogen) atoms. The van der Waals surface area contributed by atoms with Gasteiger partial charge in [0, 0.05) is 17.3 Å². The number of aromatic nitrogens is 1. The highest BCUT2D eigenvalue weighted by Crippen LogP contribution is 2.37. The van der Waals surface area contributed by atoms with Crippen molar-refractivity contribution in [2.45, 2.75) is 38.5 Å². The SMILES string of the molecule is CC(=O)c1cnc2c(c1)C(N)C(O)C(C)(C)O2. The Labute approximate surface area is 99.6 Å². The molecule has 1 aliphatic heterocycles. The third-order valence-electron chi connectivity index (χ3n) is 3.06. The van der Waals surface area contributed by atoms with E-state index in [0.717, 1.165) is 0 Å². The van der Waals surface area contributed by atoms with E-state index in [1.807, 2.05) is 0 Å². The molecule has 2 atom stereocenters. The van der Waals surface area contributed by atoms with E-state index in [-0.39, 0.29) is 5.78 Å². The van der Waals surface area contributed by atoms with E-state index in [1.165, 1.54) is 13.1 Å². The fourth-order valence-corrected chi connectivity index (χ4v) is 1.90. The first kappa shape index (κ1) is 12.0. The van der Waals surface area contributed by atoms with Gasteiger partial charge in [0.1, 0.15) is 11.7 Å².